The number of ether oxygens (including phenoxy) is 4. The van der Waals surface area contributed by atoms with Crippen molar-refractivity contribution in [3.63, 3.8) is 0 Å². The van der Waals surface area contributed by atoms with Gasteiger partial charge in [-0.25, -0.2) is 0 Å². The van der Waals surface area contributed by atoms with Crippen molar-refractivity contribution in [2.24, 2.45) is 0 Å². The molecule has 0 heterocycles. The molecule has 22 heavy (non-hydrogen) atoms. The molecule has 0 bridgehead atoms. The average Bonchev–Trinajstić information content (AvgIpc) is 2.54. The first-order valence-electron chi connectivity index (χ1n) is 6.60. The molecule has 0 spiro atoms. The van der Waals surface area contributed by atoms with Crippen LogP contribution in [0.15, 0.2) is 24.3 Å². The Bertz CT molecular complexity index is 636. The van der Waals surface area contributed by atoms with Crippen LogP contribution < -0.4 is 30.4 Å². The van der Waals surface area contributed by atoms with Crippen LogP contribution in [-0.2, 0) is 0 Å². The van der Waals surface area contributed by atoms with E-state index in [2.05, 4.69) is 0 Å². The third-order valence-electron chi connectivity index (χ3n) is 3.37. The van der Waals surface area contributed by atoms with Gasteiger partial charge < -0.3 is 30.4 Å². The van der Waals surface area contributed by atoms with Gasteiger partial charge >= 0.3 is 0 Å². The molecule has 0 atom stereocenters. The fourth-order valence-corrected chi connectivity index (χ4v) is 2.38. The topological polar surface area (TPSA) is 89.0 Å². The summed E-state index contributed by atoms with van der Waals surface area (Å²) >= 11 is 0. The fraction of sp³-hybridized carbons (Fsp3) is 0.250. The molecule has 0 amide bonds. The molecule has 0 fully saturated rings. The summed E-state index contributed by atoms with van der Waals surface area (Å²) in [7, 11) is 6.13. The normalized spacial score (nSPS) is 10.2. The molecule has 0 aromatic heterocycles. The number of nitrogens with two attached hydrogens (primary N) is 2. The zero-order chi connectivity index (χ0) is 16.3. The summed E-state index contributed by atoms with van der Waals surface area (Å²) < 4.78 is 21.8. The molecule has 0 saturated heterocycles. The first-order valence-corrected chi connectivity index (χ1v) is 6.60. The van der Waals surface area contributed by atoms with Crippen LogP contribution in [0, 0.1) is 0 Å². The molecule has 2 aromatic rings. The number of hydrogen-bond acceptors (Lipinski definition) is 6. The molecule has 0 aliphatic carbocycles. The number of rotatable bonds is 5. The maximum absolute atomic E-state index is 6.10. The minimum absolute atomic E-state index is 0.317. The van der Waals surface area contributed by atoms with Crippen LogP contribution in [0.5, 0.6) is 23.0 Å². The van der Waals surface area contributed by atoms with E-state index in [1.54, 1.807) is 26.4 Å². The Kier molecular flexibility index (Phi) is 4.50. The van der Waals surface area contributed by atoms with Crippen LogP contribution >= 0.6 is 0 Å². The molecule has 118 valence electrons. The standard InChI is InChI=1S/C16H20N2O4/c1-19-13-11(9-5-7-10(17)8-6-9)14(20-2)16(22-4)12(18)15(13)21-3/h5-8H,17-18H2,1-4H3. The van der Waals surface area contributed by atoms with Crippen molar-refractivity contribution in [1.82, 2.24) is 0 Å². The van der Waals surface area contributed by atoms with Crippen LogP contribution in [-0.4, -0.2) is 28.4 Å². The number of anilines is 2. The van der Waals surface area contributed by atoms with E-state index < -0.39 is 0 Å². The van der Waals surface area contributed by atoms with Crippen molar-refractivity contribution in [2.45, 2.75) is 0 Å². The van der Waals surface area contributed by atoms with Gasteiger partial charge in [-0.2, -0.15) is 0 Å². The molecule has 0 saturated carbocycles. The SMILES string of the molecule is COc1c(N)c(OC)c(OC)c(-c2ccc(N)cc2)c1OC. The van der Waals surface area contributed by atoms with Crippen molar-refractivity contribution in [3.8, 4) is 34.1 Å². The minimum atomic E-state index is 0.317. The number of hydrogen-bond donors (Lipinski definition) is 2. The Morgan fingerprint density at radius 1 is 0.636 bits per heavy atom. The van der Waals surface area contributed by atoms with Gasteiger partial charge in [0.15, 0.2) is 23.0 Å². The zero-order valence-electron chi connectivity index (χ0n) is 13.1. The van der Waals surface area contributed by atoms with Crippen molar-refractivity contribution in [3.05, 3.63) is 24.3 Å². The van der Waals surface area contributed by atoms with Crippen LogP contribution in [0.1, 0.15) is 0 Å². The molecular formula is C16H20N2O4. The second kappa shape index (κ2) is 6.34. The largest absolute Gasteiger partial charge is 0.492 e. The third-order valence-corrected chi connectivity index (χ3v) is 3.37. The predicted octanol–water partition coefficient (Wildman–Crippen LogP) is 2.55. The van der Waals surface area contributed by atoms with Gasteiger partial charge in [-0.15, -0.1) is 0 Å². The molecule has 2 rings (SSSR count). The van der Waals surface area contributed by atoms with Crippen molar-refractivity contribution in [1.29, 1.82) is 0 Å². The van der Waals surface area contributed by atoms with E-state index in [0.717, 1.165) is 5.56 Å². The van der Waals surface area contributed by atoms with Gasteiger partial charge in [0.05, 0.1) is 34.0 Å². The van der Waals surface area contributed by atoms with Gasteiger partial charge in [0.25, 0.3) is 0 Å². The number of benzene rings is 2. The maximum atomic E-state index is 6.10. The van der Waals surface area contributed by atoms with E-state index in [1.807, 2.05) is 12.1 Å². The molecule has 0 aliphatic rings. The summed E-state index contributed by atoms with van der Waals surface area (Å²) in [6, 6.07) is 7.32. The lowest BCUT2D eigenvalue weighted by molar-refractivity contribution is 0.334. The number of methoxy groups -OCH3 is 4. The highest BCUT2D eigenvalue weighted by molar-refractivity contribution is 5.89. The monoisotopic (exact) mass is 304 g/mol. The lowest BCUT2D eigenvalue weighted by Gasteiger charge is -2.21. The Labute approximate surface area is 129 Å². The Morgan fingerprint density at radius 3 is 1.41 bits per heavy atom. The Morgan fingerprint density at radius 2 is 1.05 bits per heavy atom. The first-order chi connectivity index (χ1) is 10.6. The highest BCUT2D eigenvalue weighted by Crippen LogP contribution is 2.54. The van der Waals surface area contributed by atoms with Crippen LogP contribution in [0.3, 0.4) is 0 Å². The van der Waals surface area contributed by atoms with Gasteiger partial charge in [0, 0.05) is 5.69 Å². The van der Waals surface area contributed by atoms with E-state index in [9.17, 15) is 0 Å². The van der Waals surface area contributed by atoms with E-state index >= 15 is 0 Å². The smallest absolute Gasteiger partial charge is 0.188 e. The predicted molar refractivity (Wildman–Crippen MR) is 86.9 cm³/mol. The molecule has 4 N–H and O–H groups in total. The van der Waals surface area contributed by atoms with E-state index in [0.29, 0.717) is 39.9 Å². The first kappa shape index (κ1) is 15.6. The lowest BCUT2D eigenvalue weighted by atomic mass is 10.0. The van der Waals surface area contributed by atoms with Crippen molar-refractivity contribution < 1.29 is 18.9 Å². The van der Waals surface area contributed by atoms with Crippen molar-refractivity contribution >= 4 is 11.4 Å². The van der Waals surface area contributed by atoms with Crippen LogP contribution in [0.4, 0.5) is 11.4 Å². The van der Waals surface area contributed by atoms with E-state index in [4.69, 9.17) is 30.4 Å². The van der Waals surface area contributed by atoms with Crippen LogP contribution in [0.2, 0.25) is 0 Å². The summed E-state index contributed by atoms with van der Waals surface area (Å²) in [5.74, 6) is 1.74. The summed E-state index contributed by atoms with van der Waals surface area (Å²) in [5.41, 5.74) is 14.4. The third kappa shape index (κ3) is 2.43. The summed E-state index contributed by atoms with van der Waals surface area (Å²) in [4.78, 5) is 0. The zero-order valence-corrected chi connectivity index (χ0v) is 13.1. The van der Waals surface area contributed by atoms with Gasteiger partial charge in [0.1, 0.15) is 5.69 Å². The Hall–Kier alpha value is -2.76. The lowest BCUT2D eigenvalue weighted by Crippen LogP contribution is -2.04. The molecule has 0 radical (unpaired) electrons. The van der Waals surface area contributed by atoms with Gasteiger partial charge in [-0.3, -0.25) is 0 Å². The van der Waals surface area contributed by atoms with E-state index in [-0.39, 0.29) is 0 Å². The molecule has 6 heteroatoms. The highest BCUT2D eigenvalue weighted by Gasteiger charge is 2.26. The summed E-state index contributed by atoms with van der Waals surface area (Å²) in [6.07, 6.45) is 0. The quantitative estimate of drug-likeness (QED) is 0.825. The van der Waals surface area contributed by atoms with Crippen LogP contribution in [0.25, 0.3) is 11.1 Å². The fourth-order valence-electron chi connectivity index (χ4n) is 2.38. The maximum Gasteiger partial charge on any atom is 0.188 e. The summed E-state index contributed by atoms with van der Waals surface area (Å²) in [5, 5.41) is 0. The van der Waals surface area contributed by atoms with Gasteiger partial charge in [-0.1, -0.05) is 12.1 Å². The average molecular weight is 304 g/mol. The second-order valence-corrected chi connectivity index (χ2v) is 4.54. The molecule has 6 nitrogen and oxygen atoms in total. The van der Waals surface area contributed by atoms with Gasteiger partial charge in [0.2, 0.25) is 0 Å². The summed E-state index contributed by atoms with van der Waals surface area (Å²) in [6.45, 7) is 0. The Balaban J connectivity index is 2.87. The number of nitrogen functional groups attached to an aromatic ring is 2. The molecular weight excluding hydrogens is 284 g/mol. The van der Waals surface area contributed by atoms with Crippen molar-refractivity contribution in [2.75, 3.05) is 39.9 Å². The molecule has 0 unspecified atom stereocenters. The highest BCUT2D eigenvalue weighted by atomic mass is 16.5. The van der Waals surface area contributed by atoms with E-state index in [1.165, 1.54) is 14.2 Å². The molecule has 2 aromatic carbocycles. The second-order valence-electron chi connectivity index (χ2n) is 4.54. The van der Waals surface area contributed by atoms with Gasteiger partial charge in [-0.05, 0) is 17.7 Å². The molecule has 0 aliphatic heterocycles. The minimum Gasteiger partial charge on any atom is -0.492 e.